The summed E-state index contributed by atoms with van der Waals surface area (Å²) in [5.74, 6) is -0.0934. The molecule has 4 heteroatoms. The highest BCUT2D eigenvalue weighted by Gasteiger charge is 2.01. The Hall–Kier alpha value is 0.160. The summed E-state index contributed by atoms with van der Waals surface area (Å²) in [5, 5.41) is 0. The number of rotatable bonds is 10. The van der Waals surface area contributed by atoms with Gasteiger partial charge in [0.2, 0.25) is 0 Å². The van der Waals surface area contributed by atoms with Crippen LogP contribution < -0.4 is 0 Å². The lowest BCUT2D eigenvalue weighted by molar-refractivity contribution is -0.145. The number of unbranched alkanes of at least 4 members (excludes halogenated alkanes) is 3. The van der Waals surface area contributed by atoms with Crippen LogP contribution in [0.5, 0.6) is 0 Å². The third-order valence-electron chi connectivity index (χ3n) is 1.95. The first-order chi connectivity index (χ1) is 7.31. The fraction of sp³-hybridized carbons (Fsp3) is 0.909. The normalized spacial score (nSPS) is 10.3. The average Bonchev–Trinajstić information content (AvgIpc) is 2.24. The Bertz CT molecular complexity index is 151. The van der Waals surface area contributed by atoms with Gasteiger partial charge in [-0.2, -0.15) is 0 Å². The molecule has 0 bridgehead atoms. The molecule has 0 spiro atoms. The van der Waals surface area contributed by atoms with E-state index < -0.39 is 0 Å². The van der Waals surface area contributed by atoms with Crippen molar-refractivity contribution in [1.82, 2.24) is 0 Å². The number of ether oxygens (including phenoxy) is 2. The molecule has 0 aromatic carbocycles. The lowest BCUT2D eigenvalue weighted by Crippen LogP contribution is -2.11. The highest BCUT2D eigenvalue weighted by molar-refractivity contribution is 14.1. The molecule has 0 aliphatic rings. The van der Waals surface area contributed by atoms with Crippen LogP contribution in [0.3, 0.4) is 0 Å². The van der Waals surface area contributed by atoms with Crippen molar-refractivity contribution < 1.29 is 14.3 Å². The van der Waals surface area contributed by atoms with E-state index in [0.717, 1.165) is 23.9 Å². The molecule has 90 valence electrons. The summed E-state index contributed by atoms with van der Waals surface area (Å²) >= 11 is 2.25. The highest BCUT2D eigenvalue weighted by atomic mass is 127. The molecule has 0 fully saturated rings. The molecule has 3 nitrogen and oxygen atoms in total. The zero-order valence-electron chi connectivity index (χ0n) is 9.47. The quantitative estimate of drug-likeness (QED) is 0.268. The van der Waals surface area contributed by atoms with E-state index in [1.54, 1.807) is 0 Å². The van der Waals surface area contributed by atoms with Crippen molar-refractivity contribution in [2.45, 2.75) is 39.0 Å². The van der Waals surface area contributed by atoms with Crippen LogP contribution in [0.25, 0.3) is 0 Å². The van der Waals surface area contributed by atoms with E-state index in [0.29, 0.717) is 19.6 Å². The molecule has 0 aliphatic heterocycles. The van der Waals surface area contributed by atoms with E-state index in [-0.39, 0.29) is 5.97 Å². The number of alkyl halides is 1. The Kier molecular flexibility index (Phi) is 12.4. The van der Waals surface area contributed by atoms with Crippen LogP contribution >= 0.6 is 22.6 Å². The van der Waals surface area contributed by atoms with Crippen LogP contribution in [0.2, 0.25) is 0 Å². The molecule has 0 saturated carbocycles. The SMILES string of the molecule is CCCCCCC(=O)OCCOCCI. The van der Waals surface area contributed by atoms with Crippen LogP contribution in [0, 0.1) is 0 Å². The molecular formula is C11H21IO3. The summed E-state index contributed by atoms with van der Waals surface area (Å²) in [4.78, 5) is 11.2. The van der Waals surface area contributed by atoms with Crippen molar-refractivity contribution in [2.75, 3.05) is 24.2 Å². The molecule has 0 aliphatic carbocycles. The van der Waals surface area contributed by atoms with Crippen molar-refractivity contribution in [3.8, 4) is 0 Å². The number of hydrogen-bond donors (Lipinski definition) is 0. The number of hydrogen-bond acceptors (Lipinski definition) is 3. The van der Waals surface area contributed by atoms with Gasteiger partial charge in [0.05, 0.1) is 13.2 Å². The monoisotopic (exact) mass is 328 g/mol. The molecule has 0 aromatic rings. The number of carbonyl (C=O) groups is 1. The Labute approximate surface area is 106 Å². The van der Waals surface area contributed by atoms with Crippen molar-refractivity contribution in [1.29, 1.82) is 0 Å². The summed E-state index contributed by atoms with van der Waals surface area (Å²) in [6, 6.07) is 0. The molecule has 0 N–H and O–H groups in total. The van der Waals surface area contributed by atoms with Crippen LogP contribution in [0.4, 0.5) is 0 Å². The molecule has 0 rings (SSSR count). The summed E-state index contributed by atoms with van der Waals surface area (Å²) in [5.41, 5.74) is 0. The van der Waals surface area contributed by atoms with Crippen LogP contribution in [-0.2, 0) is 14.3 Å². The van der Waals surface area contributed by atoms with Crippen LogP contribution in [0.15, 0.2) is 0 Å². The van der Waals surface area contributed by atoms with E-state index in [4.69, 9.17) is 9.47 Å². The van der Waals surface area contributed by atoms with Crippen molar-refractivity contribution in [3.05, 3.63) is 0 Å². The fourth-order valence-electron chi connectivity index (χ4n) is 1.14. The Morgan fingerprint density at radius 3 is 2.60 bits per heavy atom. The summed E-state index contributed by atoms with van der Waals surface area (Å²) in [6.07, 6.45) is 5.01. The number of carbonyl (C=O) groups excluding carboxylic acids is 1. The largest absolute Gasteiger partial charge is 0.463 e. The number of esters is 1. The predicted octanol–water partition coefficient (Wildman–Crippen LogP) is 2.95. The molecule has 0 saturated heterocycles. The molecule has 15 heavy (non-hydrogen) atoms. The van der Waals surface area contributed by atoms with Gasteiger partial charge in [-0.15, -0.1) is 0 Å². The molecule has 0 radical (unpaired) electrons. The van der Waals surface area contributed by atoms with Gasteiger partial charge >= 0.3 is 5.97 Å². The standard InChI is InChI=1S/C11H21IO3/c1-2-3-4-5-6-11(13)15-10-9-14-8-7-12/h2-10H2,1H3. The molecule has 0 heterocycles. The maximum atomic E-state index is 11.2. The van der Waals surface area contributed by atoms with Gasteiger partial charge in [-0.25, -0.2) is 0 Å². The molecule has 0 unspecified atom stereocenters. The zero-order valence-corrected chi connectivity index (χ0v) is 11.6. The minimum Gasteiger partial charge on any atom is -0.463 e. The fourth-order valence-corrected chi connectivity index (χ4v) is 1.45. The molecular weight excluding hydrogens is 307 g/mol. The third-order valence-corrected chi connectivity index (χ3v) is 2.39. The Balaban J connectivity index is 3.11. The van der Waals surface area contributed by atoms with Gasteiger partial charge in [0.25, 0.3) is 0 Å². The van der Waals surface area contributed by atoms with Crippen LogP contribution in [0.1, 0.15) is 39.0 Å². The first kappa shape index (κ1) is 15.2. The van der Waals surface area contributed by atoms with Gasteiger partial charge in [-0.3, -0.25) is 4.79 Å². The Morgan fingerprint density at radius 1 is 1.13 bits per heavy atom. The summed E-state index contributed by atoms with van der Waals surface area (Å²) in [6.45, 7) is 3.80. The van der Waals surface area contributed by atoms with E-state index in [1.165, 1.54) is 12.8 Å². The van der Waals surface area contributed by atoms with E-state index in [2.05, 4.69) is 29.5 Å². The van der Waals surface area contributed by atoms with Gasteiger partial charge in [0.1, 0.15) is 6.61 Å². The maximum absolute atomic E-state index is 11.2. The second kappa shape index (κ2) is 12.2. The molecule has 0 aromatic heterocycles. The summed E-state index contributed by atoms with van der Waals surface area (Å²) in [7, 11) is 0. The van der Waals surface area contributed by atoms with E-state index >= 15 is 0 Å². The minimum atomic E-state index is -0.0934. The topological polar surface area (TPSA) is 35.5 Å². The average molecular weight is 328 g/mol. The highest BCUT2D eigenvalue weighted by Crippen LogP contribution is 2.03. The van der Waals surface area contributed by atoms with E-state index in [1.807, 2.05) is 0 Å². The van der Waals surface area contributed by atoms with Crippen molar-refractivity contribution in [2.24, 2.45) is 0 Å². The third kappa shape index (κ3) is 12.1. The minimum absolute atomic E-state index is 0.0934. The second-order valence-electron chi connectivity index (χ2n) is 3.33. The van der Waals surface area contributed by atoms with Gasteiger partial charge in [0.15, 0.2) is 0 Å². The van der Waals surface area contributed by atoms with Crippen molar-refractivity contribution >= 4 is 28.6 Å². The zero-order chi connectivity index (χ0) is 11.4. The lowest BCUT2D eigenvalue weighted by Gasteiger charge is -2.04. The summed E-state index contributed by atoms with van der Waals surface area (Å²) < 4.78 is 11.2. The Morgan fingerprint density at radius 2 is 1.93 bits per heavy atom. The predicted molar refractivity (Wildman–Crippen MR) is 69.4 cm³/mol. The second-order valence-corrected chi connectivity index (χ2v) is 4.41. The molecule has 0 atom stereocenters. The first-order valence-electron chi connectivity index (χ1n) is 5.60. The van der Waals surface area contributed by atoms with Gasteiger partial charge in [0, 0.05) is 10.8 Å². The maximum Gasteiger partial charge on any atom is 0.305 e. The van der Waals surface area contributed by atoms with Crippen LogP contribution in [-0.4, -0.2) is 30.2 Å². The van der Waals surface area contributed by atoms with E-state index in [9.17, 15) is 4.79 Å². The number of halogens is 1. The van der Waals surface area contributed by atoms with Gasteiger partial charge in [-0.1, -0.05) is 48.8 Å². The first-order valence-corrected chi connectivity index (χ1v) is 7.13. The van der Waals surface area contributed by atoms with Gasteiger partial charge < -0.3 is 9.47 Å². The smallest absolute Gasteiger partial charge is 0.305 e. The van der Waals surface area contributed by atoms with Gasteiger partial charge in [-0.05, 0) is 6.42 Å². The molecule has 0 amide bonds. The van der Waals surface area contributed by atoms with Crippen molar-refractivity contribution in [3.63, 3.8) is 0 Å². The lowest BCUT2D eigenvalue weighted by atomic mass is 10.2.